The van der Waals surface area contributed by atoms with E-state index < -0.39 is 0 Å². The average molecular weight is 356 g/mol. The van der Waals surface area contributed by atoms with Gasteiger partial charge in [0.25, 0.3) is 0 Å². The van der Waals surface area contributed by atoms with Gasteiger partial charge in [-0.25, -0.2) is 4.98 Å². The number of furan rings is 1. The summed E-state index contributed by atoms with van der Waals surface area (Å²) in [4.78, 5) is 34.4. The number of anilines is 1. The van der Waals surface area contributed by atoms with Crippen LogP contribution in [0.1, 0.15) is 19.1 Å². The Morgan fingerprint density at radius 3 is 2.58 bits per heavy atom. The van der Waals surface area contributed by atoms with Crippen LogP contribution in [0.3, 0.4) is 0 Å². The molecule has 1 aliphatic rings. The molecule has 1 aliphatic heterocycles. The van der Waals surface area contributed by atoms with Crippen LogP contribution in [0, 0.1) is 0 Å². The van der Waals surface area contributed by atoms with Crippen LogP contribution in [-0.2, 0) is 16.1 Å². The number of aromatic nitrogens is 1. The molecule has 2 amide bonds. The van der Waals surface area contributed by atoms with Gasteiger partial charge in [-0.2, -0.15) is 0 Å². The number of nitrogens with zero attached hydrogens (tertiary/aromatic N) is 4. The highest BCUT2D eigenvalue weighted by molar-refractivity contribution is 5.78. The van der Waals surface area contributed by atoms with E-state index in [4.69, 9.17) is 4.42 Å². The summed E-state index contributed by atoms with van der Waals surface area (Å²) in [6, 6.07) is 9.47. The van der Waals surface area contributed by atoms with Crippen molar-refractivity contribution < 1.29 is 14.0 Å². The molecule has 0 bridgehead atoms. The number of hydrogen-bond donors (Lipinski definition) is 0. The van der Waals surface area contributed by atoms with Crippen molar-refractivity contribution >= 4 is 17.6 Å². The Morgan fingerprint density at radius 2 is 1.96 bits per heavy atom. The number of amides is 2. The summed E-state index contributed by atoms with van der Waals surface area (Å²) >= 11 is 0. The molecular weight excluding hydrogens is 332 g/mol. The molecule has 138 valence electrons. The molecule has 0 spiro atoms. The van der Waals surface area contributed by atoms with Crippen molar-refractivity contribution in [2.24, 2.45) is 0 Å². The van der Waals surface area contributed by atoms with Crippen LogP contribution in [0.2, 0.25) is 0 Å². The number of rotatable bonds is 6. The van der Waals surface area contributed by atoms with Crippen LogP contribution in [0.4, 0.5) is 5.82 Å². The molecule has 0 atom stereocenters. The van der Waals surface area contributed by atoms with Gasteiger partial charge in [-0.1, -0.05) is 6.07 Å². The fraction of sp³-hybridized carbons (Fsp3) is 0.421. The Kier molecular flexibility index (Phi) is 5.88. The molecule has 1 fully saturated rings. The van der Waals surface area contributed by atoms with Gasteiger partial charge >= 0.3 is 0 Å². The second-order valence-electron chi connectivity index (χ2n) is 6.33. The maximum absolute atomic E-state index is 12.5. The zero-order valence-corrected chi connectivity index (χ0v) is 15.0. The third kappa shape index (κ3) is 4.62. The van der Waals surface area contributed by atoms with E-state index in [9.17, 15) is 9.59 Å². The molecule has 0 unspecified atom stereocenters. The second-order valence-corrected chi connectivity index (χ2v) is 6.33. The lowest BCUT2D eigenvalue weighted by Gasteiger charge is -2.35. The average Bonchev–Trinajstić information content (AvgIpc) is 3.18. The molecule has 0 saturated carbocycles. The van der Waals surface area contributed by atoms with Gasteiger partial charge in [-0.05, 0) is 24.3 Å². The highest BCUT2D eigenvalue weighted by Crippen LogP contribution is 2.13. The molecule has 7 heteroatoms. The zero-order chi connectivity index (χ0) is 18.4. The molecule has 3 rings (SSSR count). The standard InChI is InChI=1S/C19H24N4O3/c1-16(24)23(15-17-5-4-14-26-17)9-7-19(25)22-12-10-21(11-13-22)18-6-2-3-8-20-18/h2-6,8,14H,7,9-13,15H2,1H3. The molecule has 0 aromatic carbocycles. The first-order chi connectivity index (χ1) is 12.6. The number of carbonyl (C=O) groups excluding carboxylic acids is 2. The summed E-state index contributed by atoms with van der Waals surface area (Å²) < 4.78 is 5.29. The molecule has 0 N–H and O–H groups in total. The Morgan fingerprint density at radius 1 is 1.15 bits per heavy atom. The van der Waals surface area contributed by atoms with Crippen molar-refractivity contribution in [1.29, 1.82) is 0 Å². The van der Waals surface area contributed by atoms with Gasteiger partial charge in [0.05, 0.1) is 12.8 Å². The highest BCUT2D eigenvalue weighted by atomic mass is 16.3. The van der Waals surface area contributed by atoms with Crippen molar-refractivity contribution in [1.82, 2.24) is 14.8 Å². The van der Waals surface area contributed by atoms with Gasteiger partial charge in [-0.15, -0.1) is 0 Å². The van der Waals surface area contributed by atoms with Crippen LogP contribution in [0.25, 0.3) is 0 Å². The van der Waals surface area contributed by atoms with Gasteiger partial charge in [0, 0.05) is 52.3 Å². The van der Waals surface area contributed by atoms with E-state index in [0.717, 1.165) is 24.7 Å². The number of hydrogen-bond acceptors (Lipinski definition) is 5. The highest BCUT2D eigenvalue weighted by Gasteiger charge is 2.22. The van der Waals surface area contributed by atoms with Crippen molar-refractivity contribution in [2.45, 2.75) is 19.9 Å². The molecule has 3 heterocycles. The first-order valence-corrected chi connectivity index (χ1v) is 8.85. The first-order valence-electron chi connectivity index (χ1n) is 8.85. The Balaban J connectivity index is 1.47. The fourth-order valence-corrected chi connectivity index (χ4v) is 3.05. The molecule has 1 saturated heterocycles. The van der Waals surface area contributed by atoms with E-state index in [1.165, 1.54) is 6.92 Å². The van der Waals surface area contributed by atoms with Crippen molar-refractivity contribution in [3.05, 3.63) is 48.6 Å². The SMILES string of the molecule is CC(=O)N(CCC(=O)N1CCN(c2ccccn2)CC1)Cc1ccco1. The van der Waals surface area contributed by atoms with E-state index >= 15 is 0 Å². The molecule has 2 aromatic rings. The summed E-state index contributed by atoms with van der Waals surface area (Å²) in [5, 5.41) is 0. The Hall–Kier alpha value is -2.83. The van der Waals surface area contributed by atoms with Crippen molar-refractivity contribution in [2.75, 3.05) is 37.6 Å². The van der Waals surface area contributed by atoms with Crippen LogP contribution >= 0.6 is 0 Å². The summed E-state index contributed by atoms with van der Waals surface area (Å²) in [6.45, 7) is 5.19. The van der Waals surface area contributed by atoms with Gasteiger partial charge in [0.1, 0.15) is 11.6 Å². The summed E-state index contributed by atoms with van der Waals surface area (Å²) in [5.41, 5.74) is 0. The molecule has 0 aliphatic carbocycles. The van der Waals surface area contributed by atoms with Crippen molar-refractivity contribution in [3.63, 3.8) is 0 Å². The first kappa shape index (κ1) is 18.0. The third-order valence-electron chi connectivity index (χ3n) is 4.57. The van der Waals surface area contributed by atoms with Crippen LogP contribution < -0.4 is 4.90 Å². The number of carbonyl (C=O) groups is 2. The van der Waals surface area contributed by atoms with Gasteiger partial charge < -0.3 is 19.1 Å². The molecule has 26 heavy (non-hydrogen) atoms. The van der Waals surface area contributed by atoms with Gasteiger partial charge in [0.15, 0.2) is 0 Å². The minimum absolute atomic E-state index is 0.0610. The zero-order valence-electron chi connectivity index (χ0n) is 15.0. The van der Waals surface area contributed by atoms with Gasteiger partial charge in [-0.3, -0.25) is 9.59 Å². The summed E-state index contributed by atoms with van der Waals surface area (Å²) in [6.07, 6.45) is 3.69. The van der Waals surface area contributed by atoms with E-state index in [0.29, 0.717) is 32.6 Å². The third-order valence-corrected chi connectivity index (χ3v) is 4.57. The molecule has 0 radical (unpaired) electrons. The largest absolute Gasteiger partial charge is 0.467 e. The second kappa shape index (κ2) is 8.51. The monoisotopic (exact) mass is 356 g/mol. The van der Waals surface area contributed by atoms with Gasteiger partial charge in [0.2, 0.25) is 11.8 Å². The van der Waals surface area contributed by atoms with Crippen LogP contribution in [0.15, 0.2) is 47.2 Å². The lowest BCUT2D eigenvalue weighted by Crippen LogP contribution is -2.49. The van der Waals surface area contributed by atoms with Crippen LogP contribution in [0.5, 0.6) is 0 Å². The van der Waals surface area contributed by atoms with Crippen LogP contribution in [-0.4, -0.2) is 59.3 Å². The summed E-state index contributed by atoms with van der Waals surface area (Å²) in [5.74, 6) is 1.68. The minimum atomic E-state index is -0.0610. The molecule has 2 aromatic heterocycles. The Labute approximate surface area is 153 Å². The smallest absolute Gasteiger partial charge is 0.224 e. The minimum Gasteiger partial charge on any atom is -0.467 e. The van der Waals surface area contributed by atoms with E-state index in [1.54, 1.807) is 23.4 Å². The summed E-state index contributed by atoms with van der Waals surface area (Å²) in [7, 11) is 0. The van der Waals surface area contributed by atoms with E-state index in [2.05, 4.69) is 9.88 Å². The maximum atomic E-state index is 12.5. The molecule has 7 nitrogen and oxygen atoms in total. The molecular formula is C19H24N4O3. The number of pyridine rings is 1. The normalized spacial score (nSPS) is 14.3. The lowest BCUT2D eigenvalue weighted by molar-refractivity contribution is -0.134. The topological polar surface area (TPSA) is 69.9 Å². The lowest BCUT2D eigenvalue weighted by atomic mass is 10.2. The maximum Gasteiger partial charge on any atom is 0.224 e. The van der Waals surface area contributed by atoms with Crippen molar-refractivity contribution in [3.8, 4) is 0 Å². The predicted octanol–water partition coefficient (Wildman–Crippen LogP) is 1.76. The quantitative estimate of drug-likeness (QED) is 0.789. The number of piperazine rings is 1. The Bertz CT molecular complexity index is 710. The fourth-order valence-electron chi connectivity index (χ4n) is 3.05. The predicted molar refractivity (Wildman–Crippen MR) is 97.4 cm³/mol. The van der Waals surface area contributed by atoms with E-state index in [1.807, 2.05) is 29.2 Å². The van der Waals surface area contributed by atoms with E-state index in [-0.39, 0.29) is 11.8 Å².